The maximum atomic E-state index is 12.0. The highest BCUT2D eigenvalue weighted by atomic mass is 79.9. The van der Waals surface area contributed by atoms with E-state index in [0.717, 1.165) is 42.9 Å². The molecule has 0 unspecified atom stereocenters. The zero-order chi connectivity index (χ0) is 19.8. The normalized spacial score (nSPS) is 14.9. The Morgan fingerprint density at radius 1 is 1.29 bits per heavy atom. The number of morpholine rings is 1. The number of amides is 1. The summed E-state index contributed by atoms with van der Waals surface area (Å²) in [4.78, 5) is 14.3. The molecule has 28 heavy (non-hydrogen) atoms. The first-order chi connectivity index (χ1) is 13.6. The van der Waals surface area contributed by atoms with Crippen LogP contribution in [0.3, 0.4) is 0 Å². The lowest BCUT2D eigenvalue weighted by Crippen LogP contribution is -2.35. The van der Waals surface area contributed by atoms with Gasteiger partial charge in [0, 0.05) is 35.2 Å². The number of hydrogen-bond acceptors (Lipinski definition) is 6. The fourth-order valence-corrected chi connectivity index (χ4v) is 3.17. The fourth-order valence-electron chi connectivity index (χ4n) is 2.76. The number of para-hydroxylation sites is 1. The molecular formula is C20H22BrN3O4. The number of hydrazone groups is 1. The molecule has 1 heterocycles. The Hall–Kier alpha value is -2.42. The smallest absolute Gasteiger partial charge is 0.277 e. The molecule has 1 saturated heterocycles. The maximum Gasteiger partial charge on any atom is 0.277 e. The number of nitrogens with zero attached hydrogens (tertiary/aromatic N) is 2. The molecule has 0 radical (unpaired) electrons. The average Bonchev–Trinajstić information content (AvgIpc) is 2.70. The summed E-state index contributed by atoms with van der Waals surface area (Å²) in [7, 11) is 0. The molecule has 1 aliphatic rings. The van der Waals surface area contributed by atoms with Gasteiger partial charge in [-0.2, -0.15) is 5.10 Å². The molecule has 1 fully saturated rings. The zero-order valence-electron chi connectivity index (χ0n) is 15.3. The molecule has 2 N–H and O–H groups in total. The Kier molecular flexibility index (Phi) is 7.41. The Morgan fingerprint density at radius 2 is 2.07 bits per heavy atom. The van der Waals surface area contributed by atoms with Gasteiger partial charge in [0.05, 0.1) is 19.4 Å². The van der Waals surface area contributed by atoms with E-state index in [2.05, 4.69) is 31.4 Å². The van der Waals surface area contributed by atoms with Crippen LogP contribution in [-0.2, 0) is 16.1 Å². The van der Waals surface area contributed by atoms with Crippen molar-refractivity contribution in [2.45, 2.75) is 6.54 Å². The zero-order valence-corrected chi connectivity index (χ0v) is 16.9. The predicted molar refractivity (Wildman–Crippen MR) is 110 cm³/mol. The van der Waals surface area contributed by atoms with Gasteiger partial charge in [0.2, 0.25) is 0 Å². The number of aromatic hydroxyl groups is 1. The summed E-state index contributed by atoms with van der Waals surface area (Å²) in [6.07, 6.45) is 1.39. The molecule has 1 amide bonds. The first-order valence-corrected chi connectivity index (χ1v) is 9.72. The highest BCUT2D eigenvalue weighted by Gasteiger charge is 2.14. The van der Waals surface area contributed by atoms with E-state index in [0.29, 0.717) is 11.3 Å². The minimum atomic E-state index is -0.382. The quantitative estimate of drug-likeness (QED) is 0.503. The van der Waals surface area contributed by atoms with E-state index in [4.69, 9.17) is 9.47 Å². The summed E-state index contributed by atoms with van der Waals surface area (Å²) in [6.45, 7) is 3.76. The van der Waals surface area contributed by atoms with Crippen molar-refractivity contribution in [3.63, 3.8) is 0 Å². The molecule has 0 aliphatic carbocycles. The van der Waals surface area contributed by atoms with Crippen LogP contribution < -0.4 is 10.2 Å². The molecular weight excluding hydrogens is 426 g/mol. The van der Waals surface area contributed by atoms with Crippen molar-refractivity contribution >= 4 is 28.1 Å². The van der Waals surface area contributed by atoms with Crippen LogP contribution >= 0.6 is 15.9 Å². The summed E-state index contributed by atoms with van der Waals surface area (Å²) < 4.78 is 12.0. The summed E-state index contributed by atoms with van der Waals surface area (Å²) in [5.74, 6) is 0.376. The number of phenols is 1. The largest absolute Gasteiger partial charge is 0.507 e. The van der Waals surface area contributed by atoms with Crippen molar-refractivity contribution in [1.82, 2.24) is 10.3 Å². The third-order valence-electron chi connectivity index (χ3n) is 4.21. The lowest BCUT2D eigenvalue weighted by molar-refractivity contribution is -0.123. The van der Waals surface area contributed by atoms with Crippen LogP contribution in [-0.4, -0.2) is 55.0 Å². The number of rotatable bonds is 7. The molecule has 8 heteroatoms. The monoisotopic (exact) mass is 447 g/mol. The Balaban J connectivity index is 1.54. The van der Waals surface area contributed by atoms with Crippen LogP contribution in [0.5, 0.6) is 11.5 Å². The van der Waals surface area contributed by atoms with Gasteiger partial charge in [-0.1, -0.05) is 28.1 Å². The van der Waals surface area contributed by atoms with Crippen molar-refractivity contribution in [1.29, 1.82) is 0 Å². The molecule has 0 bridgehead atoms. The molecule has 0 saturated carbocycles. The number of carbonyl (C=O) groups excluding carboxylic acids is 1. The second-order valence-corrected chi connectivity index (χ2v) is 7.20. The van der Waals surface area contributed by atoms with Crippen molar-refractivity contribution in [2.75, 3.05) is 32.9 Å². The van der Waals surface area contributed by atoms with Crippen LogP contribution in [0.1, 0.15) is 11.1 Å². The van der Waals surface area contributed by atoms with E-state index in [1.807, 2.05) is 18.2 Å². The molecule has 1 aliphatic heterocycles. The number of hydrogen-bond donors (Lipinski definition) is 2. The van der Waals surface area contributed by atoms with Crippen molar-refractivity contribution in [3.05, 3.63) is 58.1 Å². The third kappa shape index (κ3) is 6.05. The van der Waals surface area contributed by atoms with Gasteiger partial charge in [-0.25, -0.2) is 5.43 Å². The lowest BCUT2D eigenvalue weighted by atomic mass is 10.2. The van der Waals surface area contributed by atoms with E-state index in [1.54, 1.807) is 24.3 Å². The molecule has 2 aromatic carbocycles. The average molecular weight is 448 g/mol. The van der Waals surface area contributed by atoms with Crippen LogP contribution in [0.2, 0.25) is 0 Å². The van der Waals surface area contributed by atoms with Gasteiger partial charge >= 0.3 is 0 Å². The van der Waals surface area contributed by atoms with Gasteiger partial charge in [-0.05, 0) is 30.3 Å². The van der Waals surface area contributed by atoms with Gasteiger partial charge in [0.1, 0.15) is 11.5 Å². The molecule has 0 aromatic heterocycles. The summed E-state index contributed by atoms with van der Waals surface area (Å²) in [5.41, 5.74) is 3.92. The topological polar surface area (TPSA) is 83.4 Å². The fraction of sp³-hybridized carbons (Fsp3) is 0.300. The highest BCUT2D eigenvalue weighted by molar-refractivity contribution is 9.10. The second kappa shape index (κ2) is 10.2. The summed E-state index contributed by atoms with van der Waals surface area (Å²) in [5, 5.41) is 13.5. The van der Waals surface area contributed by atoms with E-state index < -0.39 is 0 Å². The molecule has 7 nitrogen and oxygen atoms in total. The third-order valence-corrected chi connectivity index (χ3v) is 4.70. The first kappa shape index (κ1) is 20.3. The van der Waals surface area contributed by atoms with Crippen LogP contribution in [0.25, 0.3) is 0 Å². The van der Waals surface area contributed by atoms with Gasteiger partial charge in [0.25, 0.3) is 5.91 Å². The molecule has 0 spiro atoms. The Bertz CT molecular complexity index is 838. The Morgan fingerprint density at radius 3 is 2.86 bits per heavy atom. The van der Waals surface area contributed by atoms with E-state index in [9.17, 15) is 9.90 Å². The Labute approximate surface area is 172 Å². The van der Waals surface area contributed by atoms with Crippen LogP contribution in [0.4, 0.5) is 0 Å². The van der Waals surface area contributed by atoms with Gasteiger partial charge in [0.15, 0.2) is 6.61 Å². The van der Waals surface area contributed by atoms with Gasteiger partial charge in [-0.15, -0.1) is 0 Å². The van der Waals surface area contributed by atoms with Crippen LogP contribution in [0, 0.1) is 0 Å². The molecule has 3 rings (SSSR count). The van der Waals surface area contributed by atoms with Crippen molar-refractivity contribution in [3.8, 4) is 11.5 Å². The van der Waals surface area contributed by atoms with E-state index >= 15 is 0 Å². The number of halogens is 1. The minimum Gasteiger partial charge on any atom is -0.507 e. The van der Waals surface area contributed by atoms with Gasteiger partial charge in [-0.3, -0.25) is 9.69 Å². The number of benzene rings is 2. The van der Waals surface area contributed by atoms with Crippen LogP contribution in [0.15, 0.2) is 52.0 Å². The predicted octanol–water partition coefficient (Wildman–Crippen LogP) is 2.52. The van der Waals surface area contributed by atoms with E-state index in [-0.39, 0.29) is 18.3 Å². The van der Waals surface area contributed by atoms with Crippen molar-refractivity contribution < 1.29 is 19.4 Å². The first-order valence-electron chi connectivity index (χ1n) is 8.93. The minimum absolute atomic E-state index is 0.0966. The maximum absolute atomic E-state index is 12.0. The number of carbonyl (C=O) groups is 1. The SMILES string of the molecule is O=C(COc1ccc(Br)cc1CN1CCOCC1)N/N=C/c1ccccc1O. The summed E-state index contributed by atoms with van der Waals surface area (Å²) in [6, 6.07) is 12.5. The van der Waals surface area contributed by atoms with E-state index in [1.165, 1.54) is 6.21 Å². The summed E-state index contributed by atoms with van der Waals surface area (Å²) >= 11 is 3.49. The molecule has 0 atom stereocenters. The number of phenolic OH excluding ortho intramolecular Hbond substituents is 1. The highest BCUT2D eigenvalue weighted by Crippen LogP contribution is 2.25. The van der Waals surface area contributed by atoms with Gasteiger partial charge < -0.3 is 14.6 Å². The number of nitrogens with one attached hydrogen (secondary N) is 1. The lowest BCUT2D eigenvalue weighted by Gasteiger charge is -2.27. The molecule has 2 aromatic rings. The second-order valence-electron chi connectivity index (χ2n) is 6.28. The number of ether oxygens (including phenoxy) is 2. The van der Waals surface area contributed by atoms with Crippen molar-refractivity contribution in [2.24, 2.45) is 5.10 Å². The molecule has 148 valence electrons. The standard InChI is InChI=1S/C20H22BrN3O4/c21-17-5-6-19(16(11-17)13-24-7-9-27-10-8-24)28-14-20(26)23-22-12-15-3-1-2-4-18(15)25/h1-6,11-12,25H,7-10,13-14H2,(H,23,26)/b22-12+.